The molecule has 2 aliphatic heterocycles. The third-order valence-corrected chi connectivity index (χ3v) is 5.35. The molecule has 2 aromatic carbocycles. The maximum Gasteiger partial charge on any atom is 0.305 e. The highest BCUT2D eigenvalue weighted by Crippen LogP contribution is 2.44. The molecule has 2 heterocycles. The second kappa shape index (κ2) is 7.44. The minimum atomic E-state index is -0.660. The number of nitrogens with one attached hydrogen (secondary N) is 1. The Balaban J connectivity index is 1.72. The van der Waals surface area contributed by atoms with Crippen molar-refractivity contribution in [3.05, 3.63) is 76.8 Å². The predicted octanol–water partition coefficient (Wildman–Crippen LogP) is 4.49. The Morgan fingerprint density at radius 1 is 1.20 bits per heavy atom. The summed E-state index contributed by atoms with van der Waals surface area (Å²) in [5.41, 5.74) is 3.69. The van der Waals surface area contributed by atoms with Crippen molar-refractivity contribution in [3.63, 3.8) is 0 Å². The zero-order chi connectivity index (χ0) is 21.5. The van der Waals surface area contributed by atoms with Gasteiger partial charge in [-0.2, -0.15) is 0 Å². The molecule has 6 heteroatoms. The zero-order valence-corrected chi connectivity index (χ0v) is 17.0. The van der Waals surface area contributed by atoms with E-state index in [4.69, 9.17) is 9.47 Å². The largest absolute Gasteiger partial charge is 0.482 e. The molecule has 30 heavy (non-hydrogen) atoms. The Bertz CT molecular complexity index is 1110. The lowest BCUT2D eigenvalue weighted by Crippen LogP contribution is -2.21. The highest BCUT2D eigenvalue weighted by Gasteiger charge is 2.38. The Hall–Kier alpha value is -3.41. The van der Waals surface area contributed by atoms with E-state index >= 15 is 0 Å². The Morgan fingerprint density at radius 3 is 2.77 bits per heavy atom. The van der Waals surface area contributed by atoms with Crippen LogP contribution in [0.5, 0.6) is 0 Å². The lowest BCUT2D eigenvalue weighted by atomic mass is 9.90. The van der Waals surface area contributed by atoms with E-state index < -0.39 is 11.4 Å². The fourth-order valence-corrected chi connectivity index (χ4v) is 3.85. The smallest absolute Gasteiger partial charge is 0.305 e. The predicted molar refractivity (Wildman–Crippen MR) is 112 cm³/mol. The first-order valence-corrected chi connectivity index (χ1v) is 9.71. The molecule has 0 unspecified atom stereocenters. The number of amides is 1. The van der Waals surface area contributed by atoms with Crippen molar-refractivity contribution in [2.45, 2.75) is 32.3 Å². The van der Waals surface area contributed by atoms with Crippen molar-refractivity contribution < 1.29 is 23.5 Å². The van der Waals surface area contributed by atoms with Gasteiger partial charge in [0.15, 0.2) is 0 Å². The third kappa shape index (κ3) is 3.61. The Kier molecular flexibility index (Phi) is 4.94. The molecular formula is C24H22FNO4. The molecule has 0 atom stereocenters. The van der Waals surface area contributed by atoms with Crippen LogP contribution in [0.25, 0.3) is 11.1 Å². The highest BCUT2D eigenvalue weighted by molar-refractivity contribution is 6.32. The Labute approximate surface area is 174 Å². The minimum Gasteiger partial charge on any atom is -0.482 e. The third-order valence-electron chi connectivity index (χ3n) is 5.35. The fraction of sp³-hybridized carbons (Fsp3) is 0.250. The maximum absolute atomic E-state index is 13.5. The molecule has 154 valence electrons. The van der Waals surface area contributed by atoms with E-state index in [9.17, 15) is 14.0 Å². The van der Waals surface area contributed by atoms with Crippen LogP contribution in [0.15, 0.2) is 54.3 Å². The summed E-state index contributed by atoms with van der Waals surface area (Å²) in [6.07, 6.45) is 2.75. The van der Waals surface area contributed by atoms with Crippen LogP contribution in [0.3, 0.4) is 0 Å². The van der Waals surface area contributed by atoms with Crippen LogP contribution < -0.4 is 5.32 Å². The molecule has 5 nitrogen and oxygen atoms in total. The molecule has 2 aliphatic rings. The first kappa shape index (κ1) is 19.9. The molecule has 0 radical (unpaired) electrons. The number of anilines is 1. The standard InChI is InChI=1S/C24H22FNO4/c1-24(2)18(15-6-4-5-14(11-15)7-10-21(27)29-3)13-20(30-24)22-17-9-8-16(25)12-19(17)26-23(22)28/h4-6,8-9,11-13H,7,10H2,1-3H3,(H,26,28)/b22-20+. The number of carbonyl (C=O) groups excluding carboxylic acids is 2. The molecule has 0 aromatic heterocycles. The van der Waals surface area contributed by atoms with Gasteiger partial charge in [-0.05, 0) is 55.7 Å². The number of carbonyl (C=O) groups is 2. The van der Waals surface area contributed by atoms with Crippen LogP contribution in [0.4, 0.5) is 10.1 Å². The van der Waals surface area contributed by atoms with Crippen molar-refractivity contribution in [1.29, 1.82) is 0 Å². The summed E-state index contributed by atoms with van der Waals surface area (Å²) in [6, 6.07) is 12.1. The normalized spacial score (nSPS) is 19.1. The summed E-state index contributed by atoms with van der Waals surface area (Å²) < 4.78 is 24.4. The van der Waals surface area contributed by atoms with E-state index in [-0.39, 0.29) is 11.9 Å². The van der Waals surface area contributed by atoms with Crippen molar-refractivity contribution in [1.82, 2.24) is 0 Å². The summed E-state index contributed by atoms with van der Waals surface area (Å²) in [4.78, 5) is 24.0. The lowest BCUT2D eigenvalue weighted by Gasteiger charge is -2.23. The highest BCUT2D eigenvalue weighted by atomic mass is 19.1. The van der Waals surface area contributed by atoms with Gasteiger partial charge in [0.25, 0.3) is 5.91 Å². The number of methoxy groups -OCH3 is 1. The first-order chi connectivity index (χ1) is 14.3. The number of hydrogen-bond acceptors (Lipinski definition) is 4. The van der Waals surface area contributed by atoms with Crippen molar-refractivity contribution >= 4 is 28.7 Å². The van der Waals surface area contributed by atoms with Gasteiger partial charge < -0.3 is 14.8 Å². The maximum atomic E-state index is 13.5. The molecule has 0 spiro atoms. The Morgan fingerprint density at radius 2 is 2.00 bits per heavy atom. The molecule has 0 aliphatic carbocycles. The SMILES string of the molecule is COC(=O)CCc1cccc(C2=C/C(=C3\C(=O)Nc4cc(F)ccc43)OC2(C)C)c1. The molecule has 1 N–H and O–H groups in total. The number of fused-ring (bicyclic) bond motifs is 1. The fourth-order valence-electron chi connectivity index (χ4n) is 3.85. The second-order valence-electron chi connectivity index (χ2n) is 7.83. The summed E-state index contributed by atoms with van der Waals surface area (Å²) in [5.74, 6) is -0.518. The van der Waals surface area contributed by atoms with Gasteiger partial charge in [-0.3, -0.25) is 9.59 Å². The van der Waals surface area contributed by atoms with Gasteiger partial charge in [-0.1, -0.05) is 24.3 Å². The van der Waals surface area contributed by atoms with Gasteiger partial charge in [-0.25, -0.2) is 4.39 Å². The van der Waals surface area contributed by atoms with Crippen molar-refractivity contribution in [2.24, 2.45) is 0 Å². The number of esters is 1. The summed E-state index contributed by atoms with van der Waals surface area (Å²) in [7, 11) is 1.38. The summed E-state index contributed by atoms with van der Waals surface area (Å²) in [6.45, 7) is 3.87. The molecule has 0 saturated carbocycles. The quantitative estimate of drug-likeness (QED) is 0.599. The van der Waals surface area contributed by atoms with Crippen LogP contribution in [-0.4, -0.2) is 24.6 Å². The monoisotopic (exact) mass is 407 g/mol. The number of ether oxygens (including phenoxy) is 2. The average molecular weight is 407 g/mol. The summed E-state index contributed by atoms with van der Waals surface area (Å²) >= 11 is 0. The number of rotatable bonds is 4. The van der Waals surface area contributed by atoms with Gasteiger partial charge in [0, 0.05) is 17.6 Å². The van der Waals surface area contributed by atoms with Crippen LogP contribution in [0, 0.1) is 5.82 Å². The molecule has 0 bridgehead atoms. The molecule has 1 amide bonds. The molecular weight excluding hydrogens is 385 g/mol. The van der Waals surface area contributed by atoms with E-state index in [1.165, 1.54) is 19.2 Å². The van der Waals surface area contributed by atoms with E-state index in [1.807, 2.05) is 44.2 Å². The van der Waals surface area contributed by atoms with Gasteiger partial charge in [0.05, 0.1) is 18.4 Å². The van der Waals surface area contributed by atoms with Crippen LogP contribution in [-0.2, 0) is 25.5 Å². The summed E-state index contributed by atoms with van der Waals surface area (Å²) in [5, 5.41) is 2.70. The second-order valence-corrected chi connectivity index (χ2v) is 7.83. The van der Waals surface area contributed by atoms with Crippen molar-refractivity contribution in [3.8, 4) is 0 Å². The van der Waals surface area contributed by atoms with Crippen LogP contribution >= 0.6 is 0 Å². The van der Waals surface area contributed by atoms with Crippen LogP contribution in [0.2, 0.25) is 0 Å². The van der Waals surface area contributed by atoms with Gasteiger partial charge in [-0.15, -0.1) is 0 Å². The van der Waals surface area contributed by atoms with E-state index in [0.29, 0.717) is 35.4 Å². The number of hydrogen-bond donors (Lipinski definition) is 1. The zero-order valence-electron chi connectivity index (χ0n) is 17.0. The van der Waals surface area contributed by atoms with Crippen molar-refractivity contribution in [2.75, 3.05) is 12.4 Å². The molecule has 4 rings (SSSR count). The van der Waals surface area contributed by atoms with Gasteiger partial charge >= 0.3 is 5.97 Å². The van der Waals surface area contributed by atoms with E-state index in [0.717, 1.165) is 16.7 Å². The number of allylic oxidation sites excluding steroid dienone is 1. The average Bonchev–Trinajstić information content (AvgIpc) is 3.20. The lowest BCUT2D eigenvalue weighted by molar-refractivity contribution is -0.140. The molecule has 2 aromatic rings. The number of aryl methyl sites for hydroxylation is 1. The number of halogens is 1. The van der Waals surface area contributed by atoms with Gasteiger partial charge in [0.1, 0.15) is 17.2 Å². The number of benzene rings is 2. The van der Waals surface area contributed by atoms with E-state index in [1.54, 1.807) is 6.07 Å². The first-order valence-electron chi connectivity index (χ1n) is 9.71. The molecule has 0 fully saturated rings. The topological polar surface area (TPSA) is 64.6 Å². The van der Waals surface area contributed by atoms with Crippen LogP contribution in [0.1, 0.15) is 37.0 Å². The minimum absolute atomic E-state index is 0.251. The molecule has 0 saturated heterocycles. The van der Waals surface area contributed by atoms with E-state index in [2.05, 4.69) is 5.32 Å². The van der Waals surface area contributed by atoms with Gasteiger partial charge in [0.2, 0.25) is 0 Å².